The standard InChI is InChI=1S/C34H33F2N9O2S/c1-6-29(46)43-13-20(5)44(14-19(43)4)32-25-11-27(36)31-24-10-23(7-8-26(24)35)48-17-22-16-42(41-40-22)15-21-9-28(30(18(2)3)37-12-21)45(33(25)38-31)34(47)39-32/h6-12,16,18-20H,1,13-15,17H2,2-5H3/t19-,20+/m1/s1. The lowest BCUT2D eigenvalue weighted by Gasteiger charge is -2.44. The van der Waals surface area contributed by atoms with Crippen molar-refractivity contribution >= 4 is 34.5 Å². The Hall–Kier alpha value is -4.98. The number of aromatic nitrogens is 7. The SMILES string of the molecule is C=CC(=O)N1C[C@H](C)N(c2nc(=O)n3c4nc(c(F)cc24)-c2cc(ccc2F)SCc2cn(nn2)Cc2cnc(C(C)C)c-3c2)C[C@H]1C. The van der Waals surface area contributed by atoms with Crippen LogP contribution in [0.1, 0.15) is 50.6 Å². The molecule has 4 aromatic heterocycles. The summed E-state index contributed by atoms with van der Waals surface area (Å²) < 4.78 is 34.8. The summed E-state index contributed by atoms with van der Waals surface area (Å²) in [5.41, 5.74) is 1.69. The summed E-state index contributed by atoms with van der Waals surface area (Å²) in [5.74, 6) is -1.03. The van der Waals surface area contributed by atoms with E-state index in [-0.39, 0.29) is 52.0 Å². The van der Waals surface area contributed by atoms with Gasteiger partial charge in [-0.05, 0) is 61.7 Å². The molecule has 2 aliphatic rings. The van der Waals surface area contributed by atoms with E-state index in [2.05, 4.69) is 21.9 Å². The zero-order valence-electron chi connectivity index (χ0n) is 26.9. The number of fused-ring (bicyclic) bond motifs is 9. The van der Waals surface area contributed by atoms with Gasteiger partial charge in [0.1, 0.15) is 23.1 Å². The van der Waals surface area contributed by atoms with E-state index >= 15 is 8.78 Å². The minimum absolute atomic E-state index is 0.0398. The molecule has 1 aromatic carbocycles. The minimum Gasteiger partial charge on any atom is -0.349 e. The van der Waals surface area contributed by atoms with Crippen LogP contribution in [0.5, 0.6) is 0 Å². The fourth-order valence-electron chi connectivity index (χ4n) is 6.39. The van der Waals surface area contributed by atoms with Gasteiger partial charge in [-0.25, -0.2) is 27.8 Å². The molecule has 0 radical (unpaired) electrons. The predicted octanol–water partition coefficient (Wildman–Crippen LogP) is 5.10. The summed E-state index contributed by atoms with van der Waals surface area (Å²) in [4.78, 5) is 45.2. The highest BCUT2D eigenvalue weighted by atomic mass is 32.2. The van der Waals surface area contributed by atoms with Gasteiger partial charge >= 0.3 is 5.69 Å². The normalized spacial score (nSPS) is 17.7. The lowest BCUT2D eigenvalue weighted by Crippen LogP contribution is -2.58. The molecule has 48 heavy (non-hydrogen) atoms. The average molecular weight is 670 g/mol. The summed E-state index contributed by atoms with van der Waals surface area (Å²) in [6.45, 7) is 12.4. The van der Waals surface area contributed by atoms with Crippen molar-refractivity contribution in [3.8, 4) is 16.9 Å². The Balaban J connectivity index is 1.52. The van der Waals surface area contributed by atoms with Gasteiger partial charge in [0, 0.05) is 53.8 Å². The second-order valence-electron chi connectivity index (χ2n) is 12.5. The number of halogens is 2. The Bertz CT molecular complexity index is 2160. The van der Waals surface area contributed by atoms with Crippen LogP contribution < -0.4 is 10.6 Å². The highest BCUT2D eigenvalue weighted by Crippen LogP contribution is 2.36. The number of thioether (sulfide) groups is 1. The number of rotatable bonds is 3. The van der Waals surface area contributed by atoms with Crippen LogP contribution in [-0.2, 0) is 17.1 Å². The van der Waals surface area contributed by atoms with E-state index in [1.165, 1.54) is 34.5 Å². The molecule has 0 aliphatic carbocycles. The molecule has 246 valence electrons. The highest BCUT2D eigenvalue weighted by molar-refractivity contribution is 7.98. The smallest absolute Gasteiger partial charge is 0.349 e. The first kappa shape index (κ1) is 31.6. The van der Waals surface area contributed by atoms with Gasteiger partial charge in [-0.15, -0.1) is 16.9 Å². The molecule has 1 fully saturated rings. The van der Waals surface area contributed by atoms with E-state index in [0.29, 0.717) is 47.4 Å². The second-order valence-corrected chi connectivity index (χ2v) is 13.6. The Morgan fingerprint density at radius 1 is 1.08 bits per heavy atom. The molecule has 5 aromatic rings. The molecule has 14 heteroatoms. The average Bonchev–Trinajstić information content (AvgIpc) is 3.51. The maximum Gasteiger partial charge on any atom is 0.355 e. The van der Waals surface area contributed by atoms with Crippen molar-refractivity contribution in [2.45, 2.75) is 62.9 Å². The van der Waals surface area contributed by atoms with Gasteiger partial charge in [0.2, 0.25) is 5.91 Å². The van der Waals surface area contributed by atoms with E-state index < -0.39 is 17.3 Å². The number of piperazine rings is 1. The Labute approximate surface area is 279 Å². The van der Waals surface area contributed by atoms with E-state index in [4.69, 9.17) is 9.97 Å². The van der Waals surface area contributed by atoms with Crippen LogP contribution in [0, 0.1) is 11.6 Å². The van der Waals surface area contributed by atoms with Gasteiger partial charge < -0.3 is 9.80 Å². The zero-order chi connectivity index (χ0) is 33.9. The summed E-state index contributed by atoms with van der Waals surface area (Å²) in [5, 5.41) is 8.83. The van der Waals surface area contributed by atoms with Crippen molar-refractivity contribution < 1.29 is 13.6 Å². The number of amides is 1. The zero-order valence-corrected chi connectivity index (χ0v) is 27.7. The van der Waals surface area contributed by atoms with Crippen molar-refractivity contribution in [3.05, 3.63) is 94.5 Å². The third-order valence-electron chi connectivity index (χ3n) is 8.77. The number of pyridine rings is 2. The molecular weight excluding hydrogens is 636 g/mol. The number of benzene rings is 1. The van der Waals surface area contributed by atoms with Crippen molar-refractivity contribution in [2.24, 2.45) is 0 Å². The number of nitrogens with zero attached hydrogens (tertiary/aromatic N) is 9. The molecule has 0 N–H and O–H groups in total. The predicted molar refractivity (Wildman–Crippen MR) is 179 cm³/mol. The summed E-state index contributed by atoms with van der Waals surface area (Å²) in [6, 6.07) is 7.05. The van der Waals surface area contributed by atoms with Gasteiger partial charge in [0.05, 0.1) is 29.0 Å². The number of anilines is 1. The Kier molecular flexibility index (Phi) is 8.06. The first-order valence-corrected chi connectivity index (χ1v) is 16.6. The van der Waals surface area contributed by atoms with Crippen molar-refractivity contribution in [3.63, 3.8) is 0 Å². The first-order chi connectivity index (χ1) is 23.0. The van der Waals surface area contributed by atoms with Gasteiger partial charge in [-0.3, -0.25) is 9.78 Å². The van der Waals surface area contributed by atoms with Crippen LogP contribution in [0.2, 0.25) is 0 Å². The number of carbonyl (C=O) groups is 1. The van der Waals surface area contributed by atoms with Crippen LogP contribution >= 0.6 is 11.8 Å². The number of hydrogen-bond acceptors (Lipinski definition) is 9. The maximum atomic E-state index is 16.3. The van der Waals surface area contributed by atoms with Gasteiger partial charge in [-0.1, -0.05) is 25.6 Å². The van der Waals surface area contributed by atoms with Crippen molar-refractivity contribution in [1.82, 2.24) is 39.4 Å². The molecule has 0 spiro atoms. The van der Waals surface area contributed by atoms with Crippen LogP contribution in [0.3, 0.4) is 0 Å². The van der Waals surface area contributed by atoms with Gasteiger partial charge in [0.25, 0.3) is 0 Å². The van der Waals surface area contributed by atoms with Gasteiger partial charge in [-0.2, -0.15) is 4.98 Å². The lowest BCUT2D eigenvalue weighted by molar-refractivity contribution is -0.128. The summed E-state index contributed by atoms with van der Waals surface area (Å²) >= 11 is 1.41. The Morgan fingerprint density at radius 3 is 2.67 bits per heavy atom. The van der Waals surface area contributed by atoms with E-state index in [9.17, 15) is 9.59 Å². The highest BCUT2D eigenvalue weighted by Gasteiger charge is 2.34. The van der Waals surface area contributed by atoms with Crippen LogP contribution in [0.4, 0.5) is 14.6 Å². The maximum absolute atomic E-state index is 16.3. The molecule has 2 aliphatic heterocycles. The molecule has 1 saturated heterocycles. The quantitative estimate of drug-likeness (QED) is 0.242. The molecule has 0 saturated carbocycles. The second kappa shape index (κ2) is 12.2. The number of hydrogen-bond donors (Lipinski definition) is 0. The minimum atomic E-state index is -0.766. The molecule has 7 rings (SSSR count). The molecule has 1 amide bonds. The van der Waals surface area contributed by atoms with Gasteiger partial charge in [0.15, 0.2) is 5.65 Å². The first-order valence-electron chi connectivity index (χ1n) is 15.7. The molecule has 2 atom stereocenters. The van der Waals surface area contributed by atoms with E-state index in [1.54, 1.807) is 27.9 Å². The third-order valence-corrected chi connectivity index (χ3v) is 9.80. The molecule has 11 nitrogen and oxygen atoms in total. The molecule has 8 bridgehead atoms. The summed E-state index contributed by atoms with van der Waals surface area (Å²) in [6.07, 6.45) is 4.84. The molecule has 0 unspecified atom stereocenters. The van der Waals surface area contributed by atoms with Crippen LogP contribution in [-0.4, -0.2) is 70.5 Å². The fourth-order valence-corrected chi connectivity index (χ4v) is 7.21. The lowest BCUT2D eigenvalue weighted by atomic mass is 10.0. The topological polar surface area (TPSA) is 115 Å². The third kappa shape index (κ3) is 5.53. The van der Waals surface area contributed by atoms with E-state index in [1.807, 2.05) is 44.9 Å². The summed E-state index contributed by atoms with van der Waals surface area (Å²) in [7, 11) is 0. The van der Waals surface area contributed by atoms with E-state index in [0.717, 1.165) is 5.56 Å². The van der Waals surface area contributed by atoms with Crippen molar-refractivity contribution in [2.75, 3.05) is 18.0 Å². The number of carbonyl (C=O) groups excluding carboxylic acids is 1. The van der Waals surface area contributed by atoms with Crippen molar-refractivity contribution in [1.29, 1.82) is 0 Å². The van der Waals surface area contributed by atoms with Crippen LogP contribution in [0.25, 0.3) is 28.0 Å². The monoisotopic (exact) mass is 669 g/mol. The Morgan fingerprint density at radius 2 is 1.90 bits per heavy atom. The fraction of sp³-hybridized carbons (Fsp3) is 0.324. The largest absolute Gasteiger partial charge is 0.355 e. The molecule has 6 heterocycles. The molecular formula is C34H33F2N9O2S. The van der Waals surface area contributed by atoms with Crippen LogP contribution in [0.15, 0.2) is 65.1 Å².